The normalized spacial score (nSPS) is 19.1. The molecular weight excluding hydrogens is 751 g/mol. The summed E-state index contributed by atoms with van der Waals surface area (Å²) < 4.78 is 12.0. The Labute approximate surface area is 352 Å². The number of aromatic nitrogens is 1. The van der Waals surface area contributed by atoms with Crippen LogP contribution in [0.4, 0.5) is 5.82 Å². The highest BCUT2D eigenvalue weighted by atomic mass is 16.5. The van der Waals surface area contributed by atoms with Crippen LogP contribution in [0.1, 0.15) is 98.3 Å². The molecule has 0 bridgehead atoms. The van der Waals surface area contributed by atoms with Gasteiger partial charge in [0.25, 0.3) is 0 Å². The molecule has 10 atom stereocenters. The molecule has 1 aromatic heterocycles. The first-order valence-corrected chi connectivity index (χ1v) is 21.2. The molecular formula is C45H73N7O7. The first-order chi connectivity index (χ1) is 27.9. The lowest BCUT2D eigenvalue weighted by Gasteiger charge is -2.41. The van der Waals surface area contributed by atoms with Gasteiger partial charge in [0.05, 0.1) is 54.8 Å². The van der Waals surface area contributed by atoms with Gasteiger partial charge < -0.3 is 40.7 Å². The number of aliphatic hydroxyl groups is 1. The molecule has 330 valence electrons. The number of nitrogen functional groups attached to an aromatic ring is 1. The van der Waals surface area contributed by atoms with Gasteiger partial charge in [-0.3, -0.25) is 24.1 Å². The molecule has 14 heteroatoms. The van der Waals surface area contributed by atoms with E-state index in [-0.39, 0.29) is 53.8 Å². The molecule has 1 fully saturated rings. The second-order valence-electron chi connectivity index (χ2n) is 17.2. The fourth-order valence-electron chi connectivity index (χ4n) is 8.64. The number of nitrogens with one attached hydrogen (secondary N) is 2. The molecule has 0 radical (unpaired) electrons. The van der Waals surface area contributed by atoms with Gasteiger partial charge in [-0.1, -0.05) is 85.2 Å². The number of pyridine rings is 1. The molecule has 5 N–H and O–H groups in total. The van der Waals surface area contributed by atoms with Crippen molar-refractivity contribution < 1.29 is 33.8 Å². The first-order valence-electron chi connectivity index (χ1n) is 21.2. The van der Waals surface area contributed by atoms with Gasteiger partial charge in [-0.2, -0.15) is 0 Å². The number of hydrogen-bond donors (Lipinski definition) is 4. The second-order valence-corrected chi connectivity index (χ2v) is 17.2. The van der Waals surface area contributed by atoms with Crippen LogP contribution in [-0.2, 0) is 35.2 Å². The first kappa shape index (κ1) is 49.3. The van der Waals surface area contributed by atoms with E-state index in [9.17, 15) is 24.3 Å². The number of nitrogens with zero attached hydrogens (tertiary/aromatic N) is 4. The third-order valence-electron chi connectivity index (χ3n) is 12.1. The standard InChI is InChI=1S/C45H73N7O7/c1-13-29(6)40(51(10)45(57)38(27(2)3)49-44(56)39(28(4)5)50(9)26-32-21-22-47-36(46)24-32)35(58-11)25-37(53)52-23-17-20-34(52)42(59-12)30(7)43(55)48-31(8)41(54)33-18-15-14-16-19-33/h14-16,18-19,21-22,24,27-31,34-35,38-42,54H,13,17,20,23,25-26H2,1-12H3,(H2,46,47)(H,48,55)(H,49,56)/t29-,30+,31+,34-,35+,38-,39-,40-,41-,42+/m0/s1. The molecule has 0 aliphatic carbocycles. The smallest absolute Gasteiger partial charge is 0.245 e. The number of hydrogen-bond acceptors (Lipinski definition) is 10. The van der Waals surface area contributed by atoms with E-state index in [2.05, 4.69) is 15.6 Å². The number of anilines is 1. The van der Waals surface area contributed by atoms with Gasteiger partial charge in [-0.15, -0.1) is 0 Å². The highest BCUT2D eigenvalue weighted by Crippen LogP contribution is 2.30. The topological polar surface area (TPSA) is 180 Å². The Balaban J connectivity index is 1.77. The van der Waals surface area contributed by atoms with E-state index in [0.29, 0.717) is 30.9 Å². The Morgan fingerprint density at radius 2 is 1.61 bits per heavy atom. The number of carbonyl (C=O) groups excluding carboxylic acids is 4. The highest BCUT2D eigenvalue weighted by molar-refractivity contribution is 5.90. The van der Waals surface area contributed by atoms with Crippen molar-refractivity contribution in [2.24, 2.45) is 23.7 Å². The van der Waals surface area contributed by atoms with E-state index in [1.54, 1.807) is 57.2 Å². The van der Waals surface area contributed by atoms with Crippen LogP contribution in [0.15, 0.2) is 48.7 Å². The number of likely N-dealkylation sites (tertiary alicyclic amines) is 1. The summed E-state index contributed by atoms with van der Waals surface area (Å²) in [6.45, 7) is 16.4. The molecule has 1 aliphatic rings. The number of rotatable bonds is 22. The van der Waals surface area contributed by atoms with Crippen LogP contribution < -0.4 is 16.4 Å². The zero-order chi connectivity index (χ0) is 44.1. The lowest BCUT2D eigenvalue weighted by Crippen LogP contribution is -2.60. The van der Waals surface area contributed by atoms with Gasteiger partial charge in [0.2, 0.25) is 23.6 Å². The maximum absolute atomic E-state index is 14.5. The van der Waals surface area contributed by atoms with Crippen LogP contribution in [0.2, 0.25) is 0 Å². The molecule has 2 heterocycles. The summed E-state index contributed by atoms with van der Waals surface area (Å²) in [5.74, 6) is -1.49. The SMILES string of the molecule is CC[C@H](C)[C@@H]([C@@H](CC(=O)N1CCC[C@H]1[C@H](OC)[C@@H](C)C(=O)N[C@H](C)[C@H](O)c1ccccc1)OC)N(C)C(=O)[C@@H](NC(=O)[C@H](C(C)C)N(C)Cc1ccnc(N)c1)C(C)C. The average molecular weight is 824 g/mol. The largest absolute Gasteiger partial charge is 0.386 e. The van der Waals surface area contributed by atoms with Crippen molar-refractivity contribution in [2.75, 3.05) is 40.6 Å². The van der Waals surface area contributed by atoms with E-state index >= 15 is 0 Å². The summed E-state index contributed by atoms with van der Waals surface area (Å²) in [7, 11) is 6.72. The fourth-order valence-corrected chi connectivity index (χ4v) is 8.64. The van der Waals surface area contributed by atoms with Crippen molar-refractivity contribution in [3.63, 3.8) is 0 Å². The van der Waals surface area contributed by atoms with Crippen molar-refractivity contribution >= 4 is 29.4 Å². The van der Waals surface area contributed by atoms with Crippen LogP contribution in [0.5, 0.6) is 0 Å². The molecule has 1 saturated heterocycles. The number of likely N-dealkylation sites (N-methyl/N-ethyl adjacent to an activating group) is 2. The van der Waals surface area contributed by atoms with Gasteiger partial charge in [-0.25, -0.2) is 4.98 Å². The van der Waals surface area contributed by atoms with Crippen LogP contribution in [0, 0.1) is 23.7 Å². The minimum absolute atomic E-state index is 0.00931. The fraction of sp³-hybridized carbons (Fsp3) is 0.667. The van der Waals surface area contributed by atoms with Gasteiger partial charge in [0.1, 0.15) is 11.9 Å². The Bertz CT molecular complexity index is 1650. The highest BCUT2D eigenvalue weighted by Gasteiger charge is 2.43. The predicted octanol–water partition coefficient (Wildman–Crippen LogP) is 4.42. The predicted molar refractivity (Wildman–Crippen MR) is 231 cm³/mol. The molecule has 0 saturated carbocycles. The maximum atomic E-state index is 14.5. The van der Waals surface area contributed by atoms with Crippen LogP contribution in [0.3, 0.4) is 0 Å². The Morgan fingerprint density at radius 3 is 2.17 bits per heavy atom. The van der Waals surface area contributed by atoms with Crippen LogP contribution in [-0.4, -0.2) is 126 Å². The molecule has 14 nitrogen and oxygen atoms in total. The zero-order valence-corrected chi connectivity index (χ0v) is 37.6. The number of amides is 4. The lowest BCUT2D eigenvalue weighted by molar-refractivity contribution is -0.148. The maximum Gasteiger partial charge on any atom is 0.245 e. The van der Waals surface area contributed by atoms with Crippen molar-refractivity contribution in [1.29, 1.82) is 0 Å². The Morgan fingerprint density at radius 1 is 0.949 bits per heavy atom. The Kier molecular flexibility index (Phi) is 19.2. The summed E-state index contributed by atoms with van der Waals surface area (Å²) in [4.78, 5) is 65.9. The second kappa shape index (κ2) is 23.0. The summed E-state index contributed by atoms with van der Waals surface area (Å²) >= 11 is 0. The molecule has 0 spiro atoms. The number of methoxy groups -OCH3 is 2. The van der Waals surface area contributed by atoms with E-state index < -0.39 is 48.4 Å². The van der Waals surface area contributed by atoms with Crippen molar-refractivity contribution in [2.45, 2.75) is 136 Å². The average Bonchev–Trinajstić information content (AvgIpc) is 3.68. The van der Waals surface area contributed by atoms with Gasteiger partial charge in [-0.05, 0) is 67.8 Å². The quantitative estimate of drug-likeness (QED) is 0.133. The van der Waals surface area contributed by atoms with Gasteiger partial charge in [0.15, 0.2) is 0 Å². The Hall–Kier alpha value is -4.11. The third kappa shape index (κ3) is 12.9. The van der Waals surface area contributed by atoms with Crippen LogP contribution in [0.25, 0.3) is 0 Å². The number of aliphatic hydroxyl groups excluding tert-OH is 1. The molecule has 2 aromatic rings. The van der Waals surface area contributed by atoms with Crippen molar-refractivity contribution in [1.82, 2.24) is 30.3 Å². The monoisotopic (exact) mass is 824 g/mol. The minimum atomic E-state index is -0.887. The minimum Gasteiger partial charge on any atom is -0.386 e. The molecule has 3 rings (SSSR count). The van der Waals surface area contributed by atoms with E-state index in [1.165, 1.54) is 0 Å². The molecule has 0 unspecified atom stereocenters. The number of benzene rings is 1. The van der Waals surface area contributed by atoms with Crippen LogP contribution >= 0.6 is 0 Å². The summed E-state index contributed by atoms with van der Waals surface area (Å²) in [5.41, 5.74) is 7.54. The van der Waals surface area contributed by atoms with Gasteiger partial charge >= 0.3 is 0 Å². The zero-order valence-electron chi connectivity index (χ0n) is 37.6. The summed E-state index contributed by atoms with van der Waals surface area (Å²) in [6, 6.07) is 10.1. The van der Waals surface area contributed by atoms with Gasteiger partial charge in [0, 0.05) is 40.6 Å². The van der Waals surface area contributed by atoms with Crippen molar-refractivity contribution in [3.8, 4) is 0 Å². The molecule has 1 aliphatic heterocycles. The van der Waals surface area contributed by atoms with Crippen molar-refractivity contribution in [3.05, 3.63) is 59.8 Å². The van der Waals surface area contributed by atoms with E-state index in [0.717, 1.165) is 18.4 Å². The molecule has 1 aromatic carbocycles. The van der Waals surface area contributed by atoms with E-state index in [4.69, 9.17) is 15.2 Å². The number of nitrogens with two attached hydrogens (primary N) is 1. The number of carbonyl (C=O) groups is 4. The third-order valence-corrected chi connectivity index (χ3v) is 12.1. The molecule has 4 amide bonds. The van der Waals surface area contributed by atoms with E-state index in [1.807, 2.05) is 89.9 Å². The lowest BCUT2D eigenvalue weighted by atomic mass is 9.89. The molecule has 59 heavy (non-hydrogen) atoms. The summed E-state index contributed by atoms with van der Waals surface area (Å²) in [5, 5.41) is 16.9. The number of ether oxygens (including phenoxy) is 2. The summed E-state index contributed by atoms with van der Waals surface area (Å²) in [6.07, 6.45) is 1.65.